The average molecular weight is 1020 g/mol. The zero-order chi connectivity index (χ0) is 50.2. The monoisotopic (exact) mass is 1010 g/mol. The van der Waals surface area contributed by atoms with Gasteiger partial charge in [0.05, 0.1) is 21.1 Å². The summed E-state index contributed by atoms with van der Waals surface area (Å²) in [6.45, 7) is 4.40. The summed E-state index contributed by atoms with van der Waals surface area (Å²) in [6, 6.07) is 7.55. The van der Waals surface area contributed by atoms with Crippen LogP contribution in [0.1, 0.15) is 31.7 Å². The summed E-state index contributed by atoms with van der Waals surface area (Å²) in [7, 11) is -2.15. The molecule has 1 saturated heterocycles. The molecule has 4 aromatic rings. The first-order valence-corrected chi connectivity index (χ1v) is 21.9. The first kappa shape index (κ1) is 54.7. The van der Waals surface area contributed by atoms with Gasteiger partial charge in [0.15, 0.2) is 0 Å². The Kier molecular flexibility index (Phi) is 20.7. The Balaban J connectivity index is 0.000000406. The standard InChI is InChI=1S/C29H31Cl3FN7O2S.3C4H4O4/c1-38-8-10-39(11-9-38)19-3-5-20(6-4-19)40-15-21(26-28(34)35-16-36-29(26)40)17-2-7-25(24(33)12-17)37-43(41,42)27-22(31)13-18(30)14-23(27)32;3*5-3(6)1-2-4(7)8/h2,7,12-16,19-20,37H,3-6,8-11H2,1H3,(H2,34,35,36);3*1-2H,(H,5,6)(H,7,8)/b;3*2-1-. The molecule has 0 atom stereocenters. The fraction of sp³-hybridized carbons (Fsp3) is 0.268. The third kappa shape index (κ3) is 17.3. The number of likely N-dealkylation sites (N-methyl/N-ethyl adjacent to an activating group) is 1. The number of benzene rings is 2. The van der Waals surface area contributed by atoms with E-state index in [1.165, 1.54) is 30.6 Å². The van der Waals surface area contributed by atoms with Crippen LogP contribution in [0.4, 0.5) is 15.9 Å². The van der Waals surface area contributed by atoms with Crippen LogP contribution in [-0.2, 0) is 38.8 Å². The number of rotatable bonds is 12. The van der Waals surface area contributed by atoms with Crippen molar-refractivity contribution in [3.05, 3.63) is 100 Å². The van der Waals surface area contributed by atoms with E-state index in [4.69, 9.17) is 71.2 Å². The van der Waals surface area contributed by atoms with E-state index in [0.717, 1.165) is 51.9 Å². The fourth-order valence-corrected chi connectivity index (χ4v) is 9.28. The molecule has 0 radical (unpaired) electrons. The number of hydrogen-bond acceptors (Lipinski definition) is 13. The SMILES string of the molecule is CN1CCN(C2CCC(n3cc(-c4ccc(NS(=O)(=O)c5c(Cl)cc(Cl)cc5Cl)c(F)c4)c4c(N)ncnc43)CC2)CC1.O=C(O)/C=C\C(=O)O.O=C(O)/C=C\C(=O)O.O=C(O)/C=C\C(=O)O. The minimum absolute atomic E-state index is 0.176. The number of aliphatic carboxylic acids is 6. The predicted molar refractivity (Wildman–Crippen MR) is 243 cm³/mol. The van der Waals surface area contributed by atoms with E-state index < -0.39 is 51.7 Å². The lowest BCUT2D eigenvalue weighted by molar-refractivity contribution is -0.134. The van der Waals surface area contributed by atoms with Crippen LogP contribution in [0.3, 0.4) is 0 Å². The van der Waals surface area contributed by atoms with Gasteiger partial charge in [0, 0.05) is 91.5 Å². The van der Waals surface area contributed by atoms with Crippen LogP contribution in [0.5, 0.6) is 0 Å². The van der Waals surface area contributed by atoms with Gasteiger partial charge < -0.3 is 45.8 Å². The molecule has 0 spiro atoms. The Morgan fingerprint density at radius 3 is 1.60 bits per heavy atom. The average Bonchev–Trinajstić information content (AvgIpc) is 3.64. The molecule has 26 heteroatoms. The van der Waals surface area contributed by atoms with Gasteiger partial charge in [-0.05, 0) is 62.6 Å². The number of aromatic nitrogens is 3. The molecule has 2 aliphatic rings. The number of carbonyl (C=O) groups is 6. The topological polar surface area (TPSA) is 333 Å². The largest absolute Gasteiger partial charge is 0.478 e. The van der Waals surface area contributed by atoms with Gasteiger partial charge in [0.2, 0.25) is 0 Å². The number of hydrogen-bond donors (Lipinski definition) is 8. The van der Waals surface area contributed by atoms with E-state index >= 15 is 4.39 Å². The number of carboxylic acids is 6. The highest BCUT2D eigenvalue weighted by molar-refractivity contribution is 7.93. The minimum Gasteiger partial charge on any atom is -0.478 e. The molecule has 6 rings (SSSR count). The molecular formula is C41H43Cl3FN7O14S. The molecular weight excluding hydrogens is 972 g/mol. The van der Waals surface area contributed by atoms with Crippen molar-refractivity contribution in [2.75, 3.05) is 43.7 Å². The molecule has 1 aliphatic heterocycles. The summed E-state index contributed by atoms with van der Waals surface area (Å²) in [6.07, 6.45) is 10.9. The number of nitrogens with two attached hydrogens (primary N) is 1. The molecule has 2 fully saturated rings. The van der Waals surface area contributed by atoms with Gasteiger partial charge >= 0.3 is 35.8 Å². The molecule has 2 aromatic heterocycles. The summed E-state index contributed by atoms with van der Waals surface area (Å²) in [5.74, 6) is -8.03. The highest BCUT2D eigenvalue weighted by atomic mass is 35.5. The van der Waals surface area contributed by atoms with Gasteiger partial charge in [0.25, 0.3) is 10.0 Å². The van der Waals surface area contributed by atoms with Crippen LogP contribution in [0.25, 0.3) is 22.2 Å². The highest BCUT2D eigenvalue weighted by Gasteiger charge is 2.30. The number of nitrogens with one attached hydrogen (secondary N) is 1. The number of fused-ring (bicyclic) bond motifs is 1. The van der Waals surface area contributed by atoms with Crippen molar-refractivity contribution in [2.45, 2.75) is 42.7 Å². The number of carboxylic acid groups (broad SMARTS) is 6. The molecule has 67 heavy (non-hydrogen) atoms. The Bertz CT molecular complexity index is 2530. The van der Waals surface area contributed by atoms with E-state index in [-0.39, 0.29) is 31.7 Å². The quantitative estimate of drug-likeness (QED) is 0.0818. The maximum Gasteiger partial charge on any atom is 0.328 e. The Hall–Kier alpha value is -6.63. The molecule has 0 amide bonds. The first-order valence-electron chi connectivity index (χ1n) is 19.3. The van der Waals surface area contributed by atoms with Crippen molar-refractivity contribution < 1.29 is 72.2 Å². The second-order valence-corrected chi connectivity index (χ2v) is 17.1. The summed E-state index contributed by atoms with van der Waals surface area (Å²) in [4.78, 5) is 70.7. The number of sulfonamides is 1. The van der Waals surface area contributed by atoms with E-state index in [2.05, 4.69) is 36.1 Å². The minimum atomic E-state index is -4.32. The first-order chi connectivity index (χ1) is 31.4. The molecule has 360 valence electrons. The molecule has 0 bridgehead atoms. The lowest BCUT2D eigenvalue weighted by atomic mass is 9.89. The van der Waals surface area contributed by atoms with Gasteiger partial charge in [-0.2, -0.15) is 0 Å². The lowest BCUT2D eigenvalue weighted by Crippen LogP contribution is -2.49. The molecule has 0 unspecified atom stereocenters. The second kappa shape index (κ2) is 25.3. The molecule has 21 nitrogen and oxygen atoms in total. The van der Waals surface area contributed by atoms with Gasteiger partial charge in [-0.3, -0.25) is 9.62 Å². The number of piperazine rings is 1. The van der Waals surface area contributed by atoms with Crippen molar-refractivity contribution in [3.8, 4) is 11.1 Å². The maximum atomic E-state index is 15.5. The molecule has 1 saturated carbocycles. The third-order valence-electron chi connectivity index (χ3n) is 9.61. The fourth-order valence-electron chi connectivity index (χ4n) is 6.67. The third-order valence-corrected chi connectivity index (χ3v) is 12.1. The number of nitrogen functional groups attached to an aromatic ring is 1. The zero-order valence-corrected chi connectivity index (χ0v) is 38.1. The zero-order valence-electron chi connectivity index (χ0n) is 35.0. The van der Waals surface area contributed by atoms with E-state index in [1.54, 1.807) is 6.07 Å². The van der Waals surface area contributed by atoms with Crippen LogP contribution in [0.15, 0.2) is 84.2 Å². The van der Waals surface area contributed by atoms with Gasteiger partial charge in [-0.25, -0.2) is 51.5 Å². The van der Waals surface area contributed by atoms with Crippen molar-refractivity contribution in [1.82, 2.24) is 24.3 Å². The van der Waals surface area contributed by atoms with Crippen LogP contribution >= 0.6 is 34.8 Å². The second-order valence-electron chi connectivity index (χ2n) is 14.2. The summed E-state index contributed by atoms with van der Waals surface area (Å²) in [5, 5.41) is 47.3. The highest BCUT2D eigenvalue weighted by Crippen LogP contribution is 2.40. The summed E-state index contributed by atoms with van der Waals surface area (Å²) in [5.41, 5.74) is 7.95. The van der Waals surface area contributed by atoms with Crippen LogP contribution in [0.2, 0.25) is 15.1 Å². The maximum absolute atomic E-state index is 15.5. The van der Waals surface area contributed by atoms with Gasteiger partial charge in [-0.1, -0.05) is 40.9 Å². The van der Waals surface area contributed by atoms with E-state index in [9.17, 15) is 37.2 Å². The number of halogens is 4. The Labute approximate surface area is 395 Å². The molecule has 2 aromatic carbocycles. The van der Waals surface area contributed by atoms with Gasteiger partial charge in [-0.15, -0.1) is 0 Å². The molecule has 9 N–H and O–H groups in total. The summed E-state index contributed by atoms with van der Waals surface area (Å²) >= 11 is 18.1. The van der Waals surface area contributed by atoms with E-state index in [0.29, 0.717) is 70.5 Å². The van der Waals surface area contributed by atoms with Gasteiger partial charge in [0.1, 0.15) is 28.5 Å². The number of anilines is 2. The van der Waals surface area contributed by atoms with Crippen LogP contribution < -0.4 is 10.5 Å². The van der Waals surface area contributed by atoms with Crippen LogP contribution in [-0.4, -0.2) is 138 Å². The normalized spacial score (nSPS) is 16.6. The van der Waals surface area contributed by atoms with Crippen LogP contribution in [0, 0.1) is 5.82 Å². The Morgan fingerprint density at radius 1 is 0.716 bits per heavy atom. The smallest absolute Gasteiger partial charge is 0.328 e. The van der Waals surface area contributed by atoms with E-state index in [1.807, 2.05) is 6.20 Å². The summed E-state index contributed by atoms with van der Waals surface area (Å²) < 4.78 is 46.0. The predicted octanol–water partition coefficient (Wildman–Crippen LogP) is 5.45. The number of nitrogens with zero attached hydrogens (tertiary/aromatic N) is 5. The van der Waals surface area contributed by atoms with Crippen molar-refractivity contribution in [1.29, 1.82) is 0 Å². The Morgan fingerprint density at radius 2 is 1.16 bits per heavy atom. The molecule has 1 aliphatic carbocycles. The lowest BCUT2D eigenvalue weighted by Gasteiger charge is -2.41. The van der Waals surface area contributed by atoms with Crippen molar-refractivity contribution >= 4 is 103 Å². The van der Waals surface area contributed by atoms with Crippen molar-refractivity contribution in [2.24, 2.45) is 0 Å². The molecule has 3 heterocycles. The van der Waals surface area contributed by atoms with Crippen molar-refractivity contribution in [3.63, 3.8) is 0 Å².